The molecule has 3 aromatic rings. The maximum absolute atomic E-state index is 13.6. The first-order chi connectivity index (χ1) is 18.5. The largest absolute Gasteiger partial charge is 0.351 e. The number of nitrogens with zero attached hydrogens (tertiary/aromatic N) is 1. The van der Waals surface area contributed by atoms with Crippen LogP contribution in [0.15, 0.2) is 91.0 Å². The van der Waals surface area contributed by atoms with Crippen LogP contribution in [0.5, 0.6) is 0 Å². The Kier molecular flexibility index (Phi) is 10.5. The number of carbonyl (C=O) groups excluding carboxylic acids is 2. The van der Waals surface area contributed by atoms with Gasteiger partial charge < -0.3 is 21.3 Å². The lowest BCUT2D eigenvalue weighted by molar-refractivity contribution is -0.133. The minimum Gasteiger partial charge on any atom is -0.351 e. The molecular weight excluding hydrogens is 587 g/mol. The smallest absolute Gasteiger partial charge is 0.244 e. The third kappa shape index (κ3) is 7.99. The Morgan fingerprint density at radius 1 is 1.03 bits per heavy atom. The number of rotatable bonds is 10. The Bertz CT molecular complexity index is 1160. The number of amides is 2. The topological polar surface area (TPSA) is 87.5 Å². The molecule has 0 bridgehead atoms. The molecular formula is C31H35IN4O2. The van der Waals surface area contributed by atoms with Gasteiger partial charge in [-0.25, -0.2) is 0 Å². The first-order valence-corrected chi connectivity index (χ1v) is 14.2. The van der Waals surface area contributed by atoms with Crippen LogP contribution >= 0.6 is 22.6 Å². The van der Waals surface area contributed by atoms with E-state index in [-0.39, 0.29) is 29.8 Å². The molecule has 1 fully saturated rings. The number of nitrogens with one attached hydrogen (secondary N) is 2. The molecule has 2 atom stereocenters. The van der Waals surface area contributed by atoms with Crippen LogP contribution in [0.3, 0.4) is 0 Å². The molecule has 0 spiro atoms. The zero-order valence-corrected chi connectivity index (χ0v) is 23.6. The summed E-state index contributed by atoms with van der Waals surface area (Å²) in [4.78, 5) is 28.1. The highest BCUT2D eigenvalue weighted by molar-refractivity contribution is 14.1. The van der Waals surface area contributed by atoms with Gasteiger partial charge >= 0.3 is 0 Å². The SMILES string of the molecule is NCC[C@@H]1N[C@H](CNC(=O)/C=C/c2ccc(I)cc2)CCN(CC(c2ccccc2)c2ccccc2)C1=O. The summed E-state index contributed by atoms with van der Waals surface area (Å²) in [7, 11) is 0. The first-order valence-electron chi connectivity index (χ1n) is 13.1. The van der Waals surface area contributed by atoms with Gasteiger partial charge in [0.25, 0.3) is 0 Å². The van der Waals surface area contributed by atoms with Gasteiger partial charge in [0.05, 0.1) is 6.04 Å². The normalized spacial score (nSPS) is 18.1. The highest BCUT2D eigenvalue weighted by Gasteiger charge is 2.32. The van der Waals surface area contributed by atoms with Crippen molar-refractivity contribution < 1.29 is 9.59 Å². The van der Waals surface area contributed by atoms with Gasteiger partial charge in [-0.15, -0.1) is 0 Å². The lowest BCUT2D eigenvalue weighted by Crippen LogP contribution is -2.49. The fourth-order valence-electron chi connectivity index (χ4n) is 4.82. The lowest BCUT2D eigenvalue weighted by Gasteiger charge is -2.29. The summed E-state index contributed by atoms with van der Waals surface area (Å²) in [6.45, 7) is 2.06. The molecule has 198 valence electrons. The van der Waals surface area contributed by atoms with E-state index in [2.05, 4.69) is 57.5 Å². The van der Waals surface area contributed by atoms with Crippen LogP contribution in [0.1, 0.15) is 35.4 Å². The van der Waals surface area contributed by atoms with E-state index in [0.29, 0.717) is 32.6 Å². The molecule has 4 N–H and O–H groups in total. The van der Waals surface area contributed by atoms with Gasteiger partial charge in [0.15, 0.2) is 0 Å². The molecule has 1 aliphatic heterocycles. The van der Waals surface area contributed by atoms with Gasteiger partial charge in [-0.2, -0.15) is 0 Å². The molecule has 38 heavy (non-hydrogen) atoms. The Balaban J connectivity index is 1.42. The van der Waals surface area contributed by atoms with Crippen LogP contribution in [0.2, 0.25) is 0 Å². The lowest BCUT2D eigenvalue weighted by atomic mass is 9.90. The number of benzene rings is 3. The van der Waals surface area contributed by atoms with Gasteiger partial charge in [0, 0.05) is 41.2 Å². The maximum atomic E-state index is 13.6. The summed E-state index contributed by atoms with van der Waals surface area (Å²) in [5.41, 5.74) is 9.23. The number of nitrogens with two attached hydrogens (primary N) is 1. The fourth-order valence-corrected chi connectivity index (χ4v) is 5.18. The minimum absolute atomic E-state index is 0.0249. The Hall–Kier alpha value is -3.01. The average Bonchev–Trinajstić information content (AvgIpc) is 3.09. The van der Waals surface area contributed by atoms with Crippen LogP contribution in [0, 0.1) is 3.57 Å². The molecule has 2 amide bonds. The maximum Gasteiger partial charge on any atom is 0.244 e. The minimum atomic E-state index is -0.376. The van der Waals surface area contributed by atoms with E-state index >= 15 is 0 Å². The number of hydrogen-bond donors (Lipinski definition) is 3. The quantitative estimate of drug-likeness (QED) is 0.234. The van der Waals surface area contributed by atoms with Crippen LogP contribution in [0.4, 0.5) is 0 Å². The Labute approximate surface area is 238 Å². The fraction of sp³-hybridized carbons (Fsp3) is 0.290. The summed E-state index contributed by atoms with van der Waals surface area (Å²) in [6, 6.07) is 28.3. The van der Waals surface area contributed by atoms with Crippen molar-refractivity contribution in [3.05, 3.63) is 111 Å². The second-order valence-electron chi connectivity index (χ2n) is 9.57. The second kappa shape index (κ2) is 14.2. The summed E-state index contributed by atoms with van der Waals surface area (Å²) >= 11 is 2.26. The molecule has 1 heterocycles. The molecule has 0 unspecified atom stereocenters. The molecule has 0 saturated carbocycles. The van der Waals surface area contributed by atoms with Gasteiger partial charge in [-0.1, -0.05) is 72.8 Å². The molecule has 4 rings (SSSR count). The molecule has 3 aromatic carbocycles. The summed E-state index contributed by atoms with van der Waals surface area (Å²) in [5.74, 6) is -0.0105. The van der Waals surface area contributed by atoms with Crippen molar-refractivity contribution in [2.24, 2.45) is 5.73 Å². The van der Waals surface area contributed by atoms with Gasteiger partial charge in [-0.05, 0) is 76.9 Å². The summed E-state index contributed by atoms with van der Waals surface area (Å²) < 4.78 is 1.15. The standard InChI is InChI=1S/C31H35IN4O2/c32-26-14-11-23(12-15-26)13-16-30(37)34-21-27-18-20-36(31(38)29(35-27)17-19-33)22-28(24-7-3-1-4-8-24)25-9-5-2-6-10-25/h1-16,27-29,35H,17-22,33H2,(H,34,37)/b16-13+/t27-,29-/m0/s1. The molecule has 1 saturated heterocycles. The van der Waals surface area contributed by atoms with Crippen molar-refractivity contribution in [3.63, 3.8) is 0 Å². The van der Waals surface area contributed by atoms with E-state index in [1.165, 1.54) is 11.1 Å². The van der Waals surface area contributed by atoms with Crippen molar-refractivity contribution in [2.75, 3.05) is 26.2 Å². The van der Waals surface area contributed by atoms with Crippen LogP contribution in [-0.2, 0) is 9.59 Å². The van der Waals surface area contributed by atoms with Crippen LogP contribution in [0.25, 0.3) is 6.08 Å². The predicted octanol–water partition coefficient (Wildman–Crippen LogP) is 4.16. The number of halogens is 1. The van der Waals surface area contributed by atoms with E-state index in [4.69, 9.17) is 5.73 Å². The van der Waals surface area contributed by atoms with Crippen LogP contribution < -0.4 is 16.4 Å². The zero-order chi connectivity index (χ0) is 26.7. The zero-order valence-electron chi connectivity index (χ0n) is 21.4. The predicted molar refractivity (Wildman–Crippen MR) is 162 cm³/mol. The molecule has 0 radical (unpaired) electrons. The van der Waals surface area contributed by atoms with E-state index < -0.39 is 0 Å². The molecule has 0 aliphatic carbocycles. The van der Waals surface area contributed by atoms with Crippen molar-refractivity contribution in [1.29, 1.82) is 0 Å². The van der Waals surface area contributed by atoms with E-state index in [1.54, 1.807) is 6.08 Å². The monoisotopic (exact) mass is 622 g/mol. The Morgan fingerprint density at radius 3 is 2.26 bits per heavy atom. The van der Waals surface area contributed by atoms with Crippen molar-refractivity contribution in [1.82, 2.24) is 15.5 Å². The van der Waals surface area contributed by atoms with Crippen molar-refractivity contribution in [3.8, 4) is 0 Å². The number of carbonyl (C=O) groups is 2. The third-order valence-electron chi connectivity index (χ3n) is 6.88. The van der Waals surface area contributed by atoms with Crippen LogP contribution in [-0.4, -0.2) is 55.0 Å². The van der Waals surface area contributed by atoms with Crippen molar-refractivity contribution in [2.45, 2.75) is 30.8 Å². The third-order valence-corrected chi connectivity index (χ3v) is 7.60. The number of hydrogen-bond acceptors (Lipinski definition) is 4. The highest BCUT2D eigenvalue weighted by Crippen LogP contribution is 2.27. The molecule has 6 nitrogen and oxygen atoms in total. The first kappa shape index (κ1) is 28.0. The van der Waals surface area contributed by atoms with Gasteiger partial charge in [0.2, 0.25) is 11.8 Å². The molecule has 1 aliphatic rings. The molecule has 7 heteroatoms. The van der Waals surface area contributed by atoms with E-state index in [0.717, 1.165) is 15.6 Å². The summed E-state index contributed by atoms with van der Waals surface area (Å²) in [6.07, 6.45) is 4.65. The average molecular weight is 623 g/mol. The van der Waals surface area contributed by atoms with Crippen molar-refractivity contribution >= 4 is 40.5 Å². The highest BCUT2D eigenvalue weighted by atomic mass is 127. The Morgan fingerprint density at radius 2 is 1.66 bits per heavy atom. The van der Waals surface area contributed by atoms with E-state index in [1.807, 2.05) is 71.6 Å². The van der Waals surface area contributed by atoms with Gasteiger partial charge in [0.1, 0.15) is 0 Å². The molecule has 0 aromatic heterocycles. The second-order valence-corrected chi connectivity index (χ2v) is 10.8. The summed E-state index contributed by atoms with van der Waals surface area (Å²) in [5, 5.41) is 6.47. The van der Waals surface area contributed by atoms with E-state index in [9.17, 15) is 9.59 Å². The van der Waals surface area contributed by atoms with Gasteiger partial charge in [-0.3, -0.25) is 9.59 Å².